The summed E-state index contributed by atoms with van der Waals surface area (Å²) in [4.78, 5) is 11.5. The highest BCUT2D eigenvalue weighted by molar-refractivity contribution is 9.10. The highest BCUT2D eigenvalue weighted by Crippen LogP contribution is 2.14. The van der Waals surface area contributed by atoms with Crippen molar-refractivity contribution in [2.24, 2.45) is 5.73 Å². The first-order valence-corrected chi connectivity index (χ1v) is 5.52. The van der Waals surface area contributed by atoms with Gasteiger partial charge in [0.05, 0.1) is 7.05 Å². The van der Waals surface area contributed by atoms with Crippen LogP contribution in [0.25, 0.3) is 6.08 Å². The Hall–Kier alpha value is -1.62. The Morgan fingerprint density at radius 1 is 1.38 bits per heavy atom. The Bertz CT molecular complexity index is 502. The maximum atomic E-state index is 11.5. The van der Waals surface area contributed by atoms with Crippen molar-refractivity contribution < 1.29 is 9.37 Å². The Kier molecular flexibility index (Phi) is 2.78. The summed E-state index contributed by atoms with van der Waals surface area (Å²) in [5, 5.41) is 2.55. The third-order valence-corrected chi connectivity index (χ3v) is 2.90. The van der Waals surface area contributed by atoms with Crippen LogP contribution in [0.15, 0.2) is 34.4 Å². The topological polar surface area (TPSA) is 58.1 Å². The van der Waals surface area contributed by atoms with Crippen LogP contribution in [0.4, 0.5) is 0 Å². The molecule has 1 aliphatic rings. The number of amides is 1. The molecule has 0 aliphatic carbocycles. The summed E-state index contributed by atoms with van der Waals surface area (Å²) < 4.78 is 2.63. The van der Waals surface area contributed by atoms with E-state index in [-0.39, 0.29) is 5.91 Å². The van der Waals surface area contributed by atoms with E-state index in [4.69, 9.17) is 5.73 Å². The average Bonchev–Trinajstić information content (AvgIpc) is 2.48. The summed E-state index contributed by atoms with van der Waals surface area (Å²) in [6, 6.07) is 7.69. The van der Waals surface area contributed by atoms with Gasteiger partial charge >= 0.3 is 11.9 Å². The summed E-state index contributed by atoms with van der Waals surface area (Å²) in [6.07, 6.45) is 1.79. The summed E-state index contributed by atoms with van der Waals surface area (Å²) in [6.45, 7) is 0. The van der Waals surface area contributed by atoms with Gasteiger partial charge < -0.3 is 0 Å². The largest absolute Gasteiger partial charge is 0.356 e. The van der Waals surface area contributed by atoms with Gasteiger partial charge in [-0.15, -0.1) is 0 Å². The quantitative estimate of drug-likeness (QED) is 0.593. The van der Waals surface area contributed by atoms with Gasteiger partial charge in [-0.2, -0.15) is 0 Å². The molecule has 0 unspecified atom stereocenters. The number of nitrogens with zero attached hydrogens (tertiary/aromatic N) is 1. The normalized spacial score (nSPS) is 18.1. The Balaban J connectivity index is 2.38. The number of hydrogen-bond donors (Lipinski definition) is 2. The summed E-state index contributed by atoms with van der Waals surface area (Å²) in [5.74, 6) is 0.177. The lowest BCUT2D eigenvalue weighted by Crippen LogP contribution is -2.32. The van der Waals surface area contributed by atoms with Gasteiger partial charge in [-0.25, -0.2) is 14.7 Å². The summed E-state index contributed by atoms with van der Waals surface area (Å²) in [7, 11) is 1.75. The van der Waals surface area contributed by atoms with Crippen LogP contribution in [0.1, 0.15) is 5.56 Å². The number of carbonyl (C=O) groups is 1. The molecule has 0 saturated carbocycles. The number of hydrogen-bond acceptors (Lipinski definition) is 2. The average molecular weight is 281 g/mol. The predicted octanol–water partition coefficient (Wildman–Crippen LogP) is 0.877. The zero-order chi connectivity index (χ0) is 11.7. The van der Waals surface area contributed by atoms with Gasteiger partial charge in [-0.1, -0.05) is 28.1 Å². The Morgan fingerprint density at radius 2 is 2.00 bits per heavy atom. The van der Waals surface area contributed by atoms with Crippen molar-refractivity contribution >= 4 is 33.9 Å². The molecule has 0 saturated heterocycles. The summed E-state index contributed by atoms with van der Waals surface area (Å²) >= 11 is 3.36. The van der Waals surface area contributed by atoms with Gasteiger partial charge in [0, 0.05) is 4.47 Å². The Morgan fingerprint density at radius 3 is 2.50 bits per heavy atom. The monoisotopic (exact) mass is 280 g/mol. The lowest BCUT2D eigenvalue weighted by atomic mass is 10.2. The lowest BCUT2D eigenvalue weighted by molar-refractivity contribution is -0.432. The van der Waals surface area contributed by atoms with E-state index in [1.165, 1.54) is 0 Å². The molecule has 0 atom stereocenters. The molecule has 0 spiro atoms. The molecule has 16 heavy (non-hydrogen) atoms. The van der Waals surface area contributed by atoms with Gasteiger partial charge in [0.15, 0.2) is 5.70 Å². The van der Waals surface area contributed by atoms with E-state index in [9.17, 15) is 4.79 Å². The number of nitrogens with one attached hydrogen (secondary N) is 1. The maximum absolute atomic E-state index is 11.5. The first-order chi connectivity index (χ1) is 7.58. The fraction of sp³-hybridized carbons (Fsp3) is 0.0909. The van der Waals surface area contributed by atoms with Crippen LogP contribution in [0.3, 0.4) is 0 Å². The van der Waals surface area contributed by atoms with E-state index >= 15 is 0 Å². The number of benzene rings is 1. The van der Waals surface area contributed by atoms with Crippen LogP contribution in [-0.4, -0.2) is 23.5 Å². The number of nitrogens with two attached hydrogens (primary N) is 1. The van der Waals surface area contributed by atoms with Gasteiger partial charge in [0.2, 0.25) is 0 Å². The lowest BCUT2D eigenvalue weighted by Gasteiger charge is -1.97. The molecule has 1 heterocycles. The van der Waals surface area contributed by atoms with Crippen LogP contribution in [-0.2, 0) is 4.79 Å². The van der Waals surface area contributed by atoms with E-state index in [0.29, 0.717) is 11.7 Å². The molecule has 82 valence electrons. The molecule has 0 bridgehead atoms. The number of halogens is 1. The minimum absolute atomic E-state index is 0.178. The molecule has 1 aromatic carbocycles. The van der Waals surface area contributed by atoms with E-state index < -0.39 is 0 Å². The number of guanidine groups is 1. The van der Waals surface area contributed by atoms with E-state index in [1.54, 1.807) is 17.7 Å². The SMILES string of the molecule is C[N+]1=C(N)NC(=O)/C1=C\c1ccc(Br)cc1. The molecular weight excluding hydrogens is 270 g/mol. The van der Waals surface area contributed by atoms with Crippen molar-refractivity contribution in [1.82, 2.24) is 5.32 Å². The molecule has 0 aromatic heterocycles. The van der Waals surface area contributed by atoms with Crippen molar-refractivity contribution in [1.29, 1.82) is 0 Å². The molecule has 1 aliphatic heterocycles. The van der Waals surface area contributed by atoms with E-state index in [2.05, 4.69) is 21.2 Å². The van der Waals surface area contributed by atoms with Crippen LogP contribution < -0.4 is 11.1 Å². The Labute approximate surface area is 102 Å². The minimum atomic E-state index is -0.178. The highest BCUT2D eigenvalue weighted by atomic mass is 79.9. The fourth-order valence-corrected chi connectivity index (χ4v) is 1.69. The van der Waals surface area contributed by atoms with Crippen molar-refractivity contribution in [2.75, 3.05) is 7.05 Å². The van der Waals surface area contributed by atoms with Crippen LogP contribution in [0.2, 0.25) is 0 Å². The summed E-state index contributed by atoms with van der Waals surface area (Å²) in [5.41, 5.74) is 7.09. The third-order valence-electron chi connectivity index (χ3n) is 2.37. The first kappa shape index (κ1) is 10.9. The zero-order valence-corrected chi connectivity index (χ0v) is 10.3. The highest BCUT2D eigenvalue weighted by Gasteiger charge is 2.28. The number of likely N-dealkylation sites (N-methyl/N-ethyl adjacent to an activating group) is 1. The maximum Gasteiger partial charge on any atom is 0.356 e. The zero-order valence-electron chi connectivity index (χ0n) is 8.70. The molecule has 0 fully saturated rings. The second kappa shape index (κ2) is 4.09. The van der Waals surface area contributed by atoms with Crippen molar-refractivity contribution in [3.63, 3.8) is 0 Å². The molecule has 3 N–H and O–H groups in total. The molecule has 0 radical (unpaired) electrons. The second-order valence-electron chi connectivity index (χ2n) is 3.48. The van der Waals surface area contributed by atoms with Crippen LogP contribution in [0.5, 0.6) is 0 Å². The second-order valence-corrected chi connectivity index (χ2v) is 4.40. The molecule has 4 nitrogen and oxygen atoms in total. The molecular formula is C11H11BrN3O+. The minimum Gasteiger partial charge on any atom is -0.290 e. The van der Waals surface area contributed by atoms with Crippen molar-refractivity contribution in [3.8, 4) is 0 Å². The first-order valence-electron chi connectivity index (χ1n) is 4.72. The van der Waals surface area contributed by atoms with Crippen molar-refractivity contribution in [3.05, 3.63) is 40.0 Å². The smallest absolute Gasteiger partial charge is 0.290 e. The van der Waals surface area contributed by atoms with Gasteiger partial charge in [-0.05, 0) is 23.8 Å². The predicted molar refractivity (Wildman–Crippen MR) is 65.6 cm³/mol. The van der Waals surface area contributed by atoms with Gasteiger partial charge in [-0.3, -0.25) is 5.73 Å². The van der Waals surface area contributed by atoms with Gasteiger partial charge in [0.1, 0.15) is 0 Å². The standard InChI is InChI=1S/C11H10BrN3O/c1-15-9(10(16)14-11(15)13)6-7-2-4-8(12)5-3-7/h2-6H,1H3,(H2,13,14,16)/p+1/b9-6+. The van der Waals surface area contributed by atoms with Crippen LogP contribution in [0, 0.1) is 0 Å². The van der Waals surface area contributed by atoms with E-state index in [1.807, 2.05) is 24.3 Å². The third kappa shape index (κ3) is 1.99. The van der Waals surface area contributed by atoms with Crippen LogP contribution >= 0.6 is 15.9 Å². The molecule has 5 heteroatoms. The fourth-order valence-electron chi connectivity index (χ4n) is 1.43. The molecule has 1 aromatic rings. The van der Waals surface area contributed by atoms with Gasteiger partial charge in [0.25, 0.3) is 0 Å². The van der Waals surface area contributed by atoms with Crippen molar-refractivity contribution in [2.45, 2.75) is 0 Å². The van der Waals surface area contributed by atoms with E-state index in [0.717, 1.165) is 10.0 Å². The molecule has 1 amide bonds. The molecule has 2 rings (SSSR count). The number of carbonyl (C=O) groups excluding carboxylic acids is 1. The number of rotatable bonds is 1.